The standard InChI is InChI=1S/C13H17N3O5S2/c1-6(17)8-9(18)16-10(21-13(19)20)12(23-11(8)16)22-7-2-3-15(4-7)5-14/h5-8,11,14,17H,2-4H2,1H3,(H,19,20)/t6?,7?,8?,11-/m0/s1. The highest BCUT2D eigenvalue weighted by Gasteiger charge is 2.58. The highest BCUT2D eigenvalue weighted by molar-refractivity contribution is 8.23. The summed E-state index contributed by atoms with van der Waals surface area (Å²) in [5.41, 5.74) is 0. The molecule has 2 saturated heterocycles. The zero-order valence-electron chi connectivity index (χ0n) is 12.3. The molecule has 3 aliphatic heterocycles. The molecular weight excluding hydrogens is 342 g/mol. The summed E-state index contributed by atoms with van der Waals surface area (Å²) in [6, 6.07) is 0. The van der Waals surface area contributed by atoms with Crippen LogP contribution in [0.1, 0.15) is 13.3 Å². The smallest absolute Gasteiger partial charge is 0.449 e. The second-order valence-corrected chi connectivity index (χ2v) is 8.29. The lowest BCUT2D eigenvalue weighted by molar-refractivity contribution is -0.155. The van der Waals surface area contributed by atoms with E-state index < -0.39 is 18.2 Å². The fourth-order valence-corrected chi connectivity index (χ4v) is 6.12. The number of carbonyl (C=O) groups is 2. The van der Waals surface area contributed by atoms with Crippen molar-refractivity contribution in [3.63, 3.8) is 0 Å². The van der Waals surface area contributed by atoms with E-state index in [4.69, 9.17) is 15.3 Å². The van der Waals surface area contributed by atoms with E-state index in [0.29, 0.717) is 10.8 Å². The molecule has 3 heterocycles. The number of rotatable bonds is 5. The van der Waals surface area contributed by atoms with Gasteiger partial charge in [-0.3, -0.25) is 15.1 Å². The van der Waals surface area contributed by atoms with Gasteiger partial charge in [0.15, 0.2) is 0 Å². The molecule has 4 atom stereocenters. The largest absolute Gasteiger partial charge is 0.512 e. The zero-order valence-corrected chi connectivity index (χ0v) is 14.0. The Hall–Kier alpha value is -1.39. The molecule has 0 spiro atoms. The molecule has 3 unspecified atom stereocenters. The van der Waals surface area contributed by atoms with Crippen LogP contribution in [0.5, 0.6) is 0 Å². The van der Waals surface area contributed by atoms with Gasteiger partial charge in [-0.15, -0.1) is 11.8 Å². The number of hydrogen-bond donors (Lipinski definition) is 3. The summed E-state index contributed by atoms with van der Waals surface area (Å²) >= 11 is 2.85. The van der Waals surface area contributed by atoms with Gasteiger partial charge in [0.25, 0.3) is 0 Å². The molecule has 0 aromatic heterocycles. The maximum atomic E-state index is 12.2. The van der Waals surface area contributed by atoms with E-state index >= 15 is 0 Å². The monoisotopic (exact) mass is 359 g/mol. The number of thioether (sulfide) groups is 2. The van der Waals surface area contributed by atoms with E-state index in [0.717, 1.165) is 13.0 Å². The van der Waals surface area contributed by atoms with Gasteiger partial charge in [0, 0.05) is 18.3 Å². The highest BCUT2D eigenvalue weighted by Crippen LogP contribution is 2.55. The Kier molecular flexibility index (Phi) is 4.47. The number of hydrogen-bond acceptors (Lipinski definition) is 7. The summed E-state index contributed by atoms with van der Waals surface area (Å²) in [4.78, 5) is 26.3. The minimum Gasteiger partial charge on any atom is -0.449 e. The summed E-state index contributed by atoms with van der Waals surface area (Å²) in [6.45, 7) is 3.05. The maximum absolute atomic E-state index is 12.2. The van der Waals surface area contributed by atoms with Crippen LogP contribution in [0.15, 0.2) is 10.1 Å². The van der Waals surface area contributed by atoms with E-state index in [9.17, 15) is 14.7 Å². The van der Waals surface area contributed by atoms with Gasteiger partial charge >= 0.3 is 6.16 Å². The third-order valence-corrected chi connectivity index (χ3v) is 6.86. The third-order valence-electron chi connectivity index (χ3n) is 4.04. The molecule has 0 aromatic rings. The number of carbonyl (C=O) groups excluding carboxylic acids is 1. The molecule has 8 nitrogen and oxygen atoms in total. The van der Waals surface area contributed by atoms with Crippen molar-refractivity contribution in [3.8, 4) is 0 Å². The van der Waals surface area contributed by atoms with E-state index in [1.165, 1.54) is 34.8 Å². The summed E-state index contributed by atoms with van der Waals surface area (Å²) in [6.07, 6.45) is -0.0687. The number of aliphatic hydroxyl groups excluding tert-OH is 1. The number of nitrogens with one attached hydrogen (secondary N) is 1. The lowest BCUT2D eigenvalue weighted by Gasteiger charge is -2.43. The Morgan fingerprint density at radius 1 is 1.61 bits per heavy atom. The van der Waals surface area contributed by atoms with Crippen LogP contribution in [0, 0.1) is 11.3 Å². The first-order valence-electron chi connectivity index (χ1n) is 7.16. The van der Waals surface area contributed by atoms with Crippen LogP contribution >= 0.6 is 23.5 Å². The second-order valence-electron chi connectivity index (χ2n) is 5.60. The molecule has 0 saturated carbocycles. The van der Waals surface area contributed by atoms with Gasteiger partial charge in [0.2, 0.25) is 11.8 Å². The van der Waals surface area contributed by atoms with Gasteiger partial charge in [-0.1, -0.05) is 11.8 Å². The fourth-order valence-electron chi connectivity index (χ4n) is 2.90. The van der Waals surface area contributed by atoms with Crippen molar-refractivity contribution in [3.05, 3.63) is 10.1 Å². The zero-order chi connectivity index (χ0) is 16.7. The first kappa shape index (κ1) is 16.5. The number of fused-ring (bicyclic) bond motifs is 1. The molecule has 3 aliphatic rings. The second kappa shape index (κ2) is 6.25. The normalized spacial score (nSPS) is 31.0. The van der Waals surface area contributed by atoms with E-state index in [-0.39, 0.29) is 22.4 Å². The molecule has 10 heteroatoms. The van der Waals surface area contributed by atoms with Gasteiger partial charge in [-0.2, -0.15) is 0 Å². The first-order chi connectivity index (χ1) is 10.9. The number of nitrogens with zero attached hydrogens (tertiary/aromatic N) is 2. The topological polar surface area (TPSA) is 114 Å². The van der Waals surface area contributed by atoms with Gasteiger partial charge in [-0.25, -0.2) is 4.79 Å². The summed E-state index contributed by atoms with van der Waals surface area (Å²) in [5.74, 6) is -0.781. The van der Waals surface area contributed by atoms with Crippen LogP contribution in [-0.4, -0.2) is 68.2 Å². The SMILES string of the molecule is CC(O)C1C(=O)N2C(OC(=O)O)=C(SC3CCN(C=N)C3)S[C@@H]12. The average molecular weight is 359 g/mol. The average Bonchev–Trinajstić information content (AvgIpc) is 3.02. The Labute approximate surface area is 141 Å². The van der Waals surface area contributed by atoms with Crippen molar-refractivity contribution in [2.75, 3.05) is 13.1 Å². The molecule has 23 heavy (non-hydrogen) atoms. The Morgan fingerprint density at radius 3 is 2.91 bits per heavy atom. The lowest BCUT2D eigenvalue weighted by atomic mass is 9.93. The quantitative estimate of drug-likeness (QED) is 0.290. The molecule has 3 N–H and O–H groups in total. The molecule has 126 valence electrons. The minimum atomic E-state index is -1.46. The molecule has 2 fully saturated rings. The number of amides is 1. The van der Waals surface area contributed by atoms with Crippen LogP contribution in [0.25, 0.3) is 0 Å². The van der Waals surface area contributed by atoms with Crippen molar-refractivity contribution in [1.29, 1.82) is 5.41 Å². The van der Waals surface area contributed by atoms with Gasteiger partial charge in [0.05, 0.1) is 18.4 Å². The highest BCUT2D eigenvalue weighted by atomic mass is 32.2. The predicted octanol–water partition coefficient (Wildman–Crippen LogP) is 1.13. The van der Waals surface area contributed by atoms with Gasteiger partial charge < -0.3 is 19.8 Å². The fraction of sp³-hybridized carbons (Fsp3) is 0.615. The number of ether oxygens (including phenoxy) is 1. The van der Waals surface area contributed by atoms with E-state index in [1.807, 2.05) is 4.90 Å². The van der Waals surface area contributed by atoms with Crippen molar-refractivity contribution in [2.45, 2.75) is 30.1 Å². The molecule has 3 rings (SSSR count). The molecule has 0 bridgehead atoms. The van der Waals surface area contributed by atoms with E-state index in [2.05, 4.69) is 0 Å². The Balaban J connectivity index is 1.76. The van der Waals surface area contributed by atoms with Crippen molar-refractivity contribution >= 4 is 41.9 Å². The van der Waals surface area contributed by atoms with Crippen LogP contribution < -0.4 is 0 Å². The summed E-state index contributed by atoms with van der Waals surface area (Å²) < 4.78 is 5.50. The van der Waals surface area contributed by atoms with Crippen LogP contribution in [0.4, 0.5) is 4.79 Å². The van der Waals surface area contributed by atoms with Crippen molar-refractivity contribution in [1.82, 2.24) is 9.80 Å². The minimum absolute atomic E-state index is 0.0627. The van der Waals surface area contributed by atoms with Crippen LogP contribution in [0.3, 0.4) is 0 Å². The third kappa shape index (κ3) is 2.90. The Bertz CT molecular complexity index is 582. The summed E-state index contributed by atoms with van der Waals surface area (Å²) in [5, 5.41) is 25.8. The molecular formula is C13H17N3O5S2. The van der Waals surface area contributed by atoms with E-state index in [1.54, 1.807) is 6.92 Å². The number of β-lactam (4-membered cyclic amide) rings is 1. The predicted molar refractivity (Wildman–Crippen MR) is 85.9 cm³/mol. The lowest BCUT2D eigenvalue weighted by Crippen LogP contribution is -2.60. The molecule has 0 aromatic carbocycles. The van der Waals surface area contributed by atoms with Crippen molar-refractivity contribution in [2.24, 2.45) is 5.92 Å². The van der Waals surface area contributed by atoms with Crippen LogP contribution in [0.2, 0.25) is 0 Å². The number of likely N-dealkylation sites (tertiary alicyclic amines) is 1. The maximum Gasteiger partial charge on any atom is 0.512 e. The Morgan fingerprint density at radius 2 is 2.35 bits per heavy atom. The first-order valence-corrected chi connectivity index (χ1v) is 8.92. The molecule has 0 radical (unpaired) electrons. The van der Waals surface area contributed by atoms with Crippen LogP contribution in [-0.2, 0) is 9.53 Å². The summed E-state index contributed by atoms with van der Waals surface area (Å²) in [7, 11) is 0. The molecule has 0 aliphatic carbocycles. The molecule has 1 amide bonds. The van der Waals surface area contributed by atoms with Gasteiger partial charge in [0.1, 0.15) is 9.61 Å². The van der Waals surface area contributed by atoms with Crippen molar-refractivity contribution < 1.29 is 24.5 Å². The van der Waals surface area contributed by atoms with Gasteiger partial charge in [-0.05, 0) is 13.3 Å². The number of carboxylic acid groups (broad SMARTS) is 1. The number of aliphatic hydroxyl groups is 1.